The van der Waals surface area contributed by atoms with Gasteiger partial charge in [-0.15, -0.1) is 5.10 Å². The molecule has 0 bridgehead atoms. The maximum atomic E-state index is 14.2. The molecule has 16 heteroatoms. The highest BCUT2D eigenvalue weighted by molar-refractivity contribution is 7.92. The van der Waals surface area contributed by atoms with Gasteiger partial charge in [0.2, 0.25) is 5.88 Å². The van der Waals surface area contributed by atoms with E-state index < -0.39 is 32.5 Å². The van der Waals surface area contributed by atoms with Crippen LogP contribution in [0.3, 0.4) is 0 Å². The van der Waals surface area contributed by atoms with Crippen LogP contribution in [0, 0.1) is 11.6 Å². The number of halogens is 2. The molecule has 13 nitrogen and oxygen atoms in total. The summed E-state index contributed by atoms with van der Waals surface area (Å²) in [5, 5.41) is 11.0. The van der Waals surface area contributed by atoms with Crippen molar-refractivity contribution in [2.45, 2.75) is 18.0 Å². The summed E-state index contributed by atoms with van der Waals surface area (Å²) in [5.41, 5.74) is 2.29. The van der Waals surface area contributed by atoms with Gasteiger partial charge >= 0.3 is 0 Å². The first-order chi connectivity index (χ1) is 20.5. The average Bonchev–Trinajstić information content (AvgIpc) is 3.61. The number of methoxy groups -OCH3 is 1. The number of carbonyl (C=O) groups is 1. The van der Waals surface area contributed by atoms with Crippen molar-refractivity contribution in [1.29, 1.82) is 0 Å². The fraction of sp³-hybridized carbons (Fsp3) is 0.222. The molecule has 224 valence electrons. The average molecular weight is 612 g/mol. The number of pyridine rings is 2. The predicted octanol–water partition coefficient (Wildman–Crippen LogP) is 2.57. The topological polar surface area (TPSA) is 149 Å². The van der Waals surface area contributed by atoms with Crippen molar-refractivity contribution in [2.24, 2.45) is 0 Å². The van der Waals surface area contributed by atoms with Crippen molar-refractivity contribution in [1.82, 2.24) is 39.6 Å². The number of ether oxygens (including phenoxy) is 1. The Labute approximate surface area is 245 Å². The summed E-state index contributed by atoms with van der Waals surface area (Å²) in [4.78, 5) is 22.8. The van der Waals surface area contributed by atoms with Gasteiger partial charge in [0.25, 0.3) is 15.9 Å². The minimum absolute atomic E-state index is 0.0720. The maximum absolute atomic E-state index is 14.2. The van der Waals surface area contributed by atoms with Gasteiger partial charge in [-0.2, -0.15) is 0 Å². The van der Waals surface area contributed by atoms with Crippen LogP contribution in [0.4, 0.5) is 14.5 Å². The third-order valence-corrected chi connectivity index (χ3v) is 7.74. The van der Waals surface area contributed by atoms with Crippen LogP contribution in [0.2, 0.25) is 0 Å². The lowest BCUT2D eigenvalue weighted by Gasteiger charge is -2.13. The number of nitrogens with zero attached hydrogens (tertiary/aromatic N) is 7. The molecule has 5 rings (SSSR count). The Morgan fingerprint density at radius 1 is 1.05 bits per heavy atom. The van der Waals surface area contributed by atoms with E-state index in [4.69, 9.17) is 4.74 Å². The number of fused-ring (bicyclic) bond motifs is 1. The minimum Gasteiger partial charge on any atom is -0.480 e. The van der Waals surface area contributed by atoms with Crippen LogP contribution in [0.1, 0.15) is 16.2 Å². The van der Waals surface area contributed by atoms with E-state index in [1.165, 1.54) is 25.6 Å². The molecule has 0 radical (unpaired) electrons. The fourth-order valence-corrected chi connectivity index (χ4v) is 5.26. The summed E-state index contributed by atoms with van der Waals surface area (Å²) in [6.07, 6.45) is 6.30. The monoisotopic (exact) mass is 611 g/mol. The van der Waals surface area contributed by atoms with E-state index in [0.717, 1.165) is 18.7 Å². The lowest BCUT2D eigenvalue weighted by atomic mass is 10.1. The molecule has 0 aliphatic heterocycles. The highest BCUT2D eigenvalue weighted by Gasteiger charge is 2.22. The zero-order chi connectivity index (χ0) is 30.7. The van der Waals surface area contributed by atoms with E-state index >= 15 is 0 Å². The Morgan fingerprint density at radius 3 is 2.60 bits per heavy atom. The molecule has 0 aliphatic carbocycles. The van der Waals surface area contributed by atoms with Gasteiger partial charge in [-0.3, -0.25) is 18.6 Å². The van der Waals surface area contributed by atoms with Crippen molar-refractivity contribution < 1.29 is 26.7 Å². The first kappa shape index (κ1) is 29.5. The van der Waals surface area contributed by atoms with Crippen molar-refractivity contribution in [2.75, 3.05) is 32.5 Å². The first-order valence-electron chi connectivity index (χ1n) is 12.9. The third-order valence-electron chi connectivity index (χ3n) is 6.34. The molecular weight excluding hydrogens is 584 g/mol. The Bertz CT molecular complexity index is 1910. The standard InChI is InChI=1S/C27H27F2N9O4S/c1-36(2)8-9-37-16-20(33-35-37)13-31-26(39)23-14-30-25-7-4-17(15-38(23)25)18-10-22(27(42-3)32-12-18)34-43(40,41)24-6-5-19(28)11-21(24)29/h4-7,10-12,14-16,34H,8-9,13H2,1-3H3,(H,31,39). The zero-order valence-electron chi connectivity index (χ0n) is 23.3. The zero-order valence-corrected chi connectivity index (χ0v) is 24.1. The number of anilines is 1. The maximum Gasteiger partial charge on any atom is 0.270 e. The van der Waals surface area contributed by atoms with Gasteiger partial charge in [0.1, 0.15) is 39.3 Å². The van der Waals surface area contributed by atoms with E-state index in [0.29, 0.717) is 35.1 Å². The summed E-state index contributed by atoms with van der Waals surface area (Å²) in [6.45, 7) is 1.62. The van der Waals surface area contributed by atoms with Gasteiger partial charge in [0.15, 0.2) is 0 Å². The van der Waals surface area contributed by atoms with Gasteiger partial charge in [-0.25, -0.2) is 27.2 Å². The second-order valence-electron chi connectivity index (χ2n) is 9.71. The van der Waals surface area contributed by atoms with Crippen molar-refractivity contribution in [3.63, 3.8) is 0 Å². The molecule has 0 saturated heterocycles. The van der Waals surface area contributed by atoms with Crippen molar-refractivity contribution in [3.8, 4) is 17.0 Å². The van der Waals surface area contributed by atoms with Gasteiger partial charge in [-0.1, -0.05) is 5.21 Å². The van der Waals surface area contributed by atoms with Crippen LogP contribution in [0.5, 0.6) is 5.88 Å². The van der Waals surface area contributed by atoms with Crippen LogP contribution in [-0.2, 0) is 23.1 Å². The molecule has 4 aromatic heterocycles. The molecule has 0 spiro atoms. The summed E-state index contributed by atoms with van der Waals surface area (Å²) in [5.74, 6) is -2.63. The lowest BCUT2D eigenvalue weighted by molar-refractivity contribution is 0.0944. The summed E-state index contributed by atoms with van der Waals surface area (Å²) in [7, 11) is 0.756. The van der Waals surface area contributed by atoms with Crippen molar-refractivity contribution >= 4 is 27.3 Å². The minimum atomic E-state index is -4.46. The summed E-state index contributed by atoms with van der Waals surface area (Å²) < 4.78 is 64.1. The van der Waals surface area contributed by atoms with E-state index in [2.05, 4.69) is 30.3 Å². The number of amides is 1. The number of sulfonamides is 1. The van der Waals surface area contributed by atoms with Crippen LogP contribution in [-0.4, -0.2) is 76.3 Å². The molecule has 0 atom stereocenters. The lowest BCUT2D eigenvalue weighted by Crippen LogP contribution is -2.24. The van der Waals surface area contributed by atoms with Crippen LogP contribution < -0.4 is 14.8 Å². The summed E-state index contributed by atoms with van der Waals surface area (Å²) in [6, 6.07) is 6.99. The molecule has 5 aromatic rings. The highest BCUT2D eigenvalue weighted by atomic mass is 32.2. The van der Waals surface area contributed by atoms with E-state index in [1.54, 1.807) is 33.6 Å². The molecule has 2 N–H and O–H groups in total. The highest BCUT2D eigenvalue weighted by Crippen LogP contribution is 2.31. The Hall–Kier alpha value is -4.96. The normalized spacial score (nSPS) is 11.7. The molecule has 0 unspecified atom stereocenters. The Kier molecular flexibility index (Phi) is 8.31. The molecule has 0 aliphatic rings. The number of imidazole rings is 1. The van der Waals surface area contributed by atoms with Gasteiger partial charge in [-0.05, 0) is 44.4 Å². The Morgan fingerprint density at radius 2 is 1.86 bits per heavy atom. The smallest absolute Gasteiger partial charge is 0.270 e. The number of rotatable bonds is 11. The van der Waals surface area contributed by atoms with Crippen molar-refractivity contribution in [3.05, 3.63) is 84.2 Å². The van der Waals surface area contributed by atoms with Crippen LogP contribution >= 0.6 is 0 Å². The number of hydrogen-bond acceptors (Lipinski definition) is 9. The molecule has 1 amide bonds. The number of carbonyl (C=O) groups excluding carboxylic acids is 1. The van der Waals surface area contributed by atoms with Gasteiger partial charge in [0.05, 0.1) is 32.6 Å². The quantitative estimate of drug-likeness (QED) is 0.230. The van der Waals surface area contributed by atoms with Crippen LogP contribution in [0.15, 0.2) is 66.1 Å². The molecule has 43 heavy (non-hydrogen) atoms. The molecule has 1 aromatic carbocycles. The number of hydrogen-bond donors (Lipinski definition) is 2. The van der Waals surface area contributed by atoms with E-state index in [1.807, 2.05) is 19.0 Å². The molecular formula is C27H27F2N9O4S. The fourth-order valence-electron chi connectivity index (χ4n) is 4.15. The number of nitrogens with one attached hydrogen (secondary N) is 2. The number of aromatic nitrogens is 6. The molecule has 0 saturated carbocycles. The van der Waals surface area contributed by atoms with E-state index in [9.17, 15) is 22.0 Å². The molecule has 0 fully saturated rings. The summed E-state index contributed by atoms with van der Waals surface area (Å²) >= 11 is 0. The largest absolute Gasteiger partial charge is 0.480 e. The van der Waals surface area contributed by atoms with Gasteiger partial charge in [0, 0.05) is 36.1 Å². The SMILES string of the molecule is COc1ncc(-c2ccc3ncc(C(=O)NCc4cn(CCN(C)C)nn4)n3c2)cc1NS(=O)(=O)c1ccc(F)cc1F. The van der Waals surface area contributed by atoms with Crippen LogP contribution in [0.25, 0.3) is 16.8 Å². The molecule has 4 heterocycles. The second-order valence-corrected chi connectivity index (χ2v) is 11.4. The first-order valence-corrected chi connectivity index (χ1v) is 14.3. The number of likely N-dealkylation sites (N-methyl/N-ethyl adjacent to an activating group) is 1. The third kappa shape index (κ3) is 6.60. The predicted molar refractivity (Wildman–Crippen MR) is 152 cm³/mol. The second kappa shape index (κ2) is 12.1. The Balaban J connectivity index is 1.38. The van der Waals surface area contributed by atoms with Gasteiger partial charge < -0.3 is 15.0 Å². The number of benzene rings is 1. The van der Waals surface area contributed by atoms with E-state index in [-0.39, 0.29) is 23.8 Å².